The molecule has 2 N–H and O–H groups in total. The number of carbonyl (C=O) groups excluding carboxylic acids is 1. The van der Waals surface area contributed by atoms with Gasteiger partial charge in [-0.1, -0.05) is 13.0 Å². The molecule has 0 aromatic rings. The van der Waals surface area contributed by atoms with Crippen molar-refractivity contribution in [1.29, 1.82) is 0 Å². The zero-order valence-corrected chi connectivity index (χ0v) is 11.4. The monoisotopic (exact) mass is 244 g/mol. The fourth-order valence-electron chi connectivity index (χ4n) is 1.08. The van der Waals surface area contributed by atoms with Crippen LogP contribution < -0.4 is 10.6 Å². The summed E-state index contributed by atoms with van der Waals surface area (Å²) < 4.78 is 0. The summed E-state index contributed by atoms with van der Waals surface area (Å²) in [4.78, 5) is 11.6. The Bertz CT molecular complexity index is 209. The van der Waals surface area contributed by atoms with Crippen molar-refractivity contribution in [2.75, 3.05) is 18.1 Å². The van der Waals surface area contributed by atoms with Crippen LogP contribution in [0, 0.1) is 0 Å². The average Bonchev–Trinajstić information content (AvgIpc) is 2.28. The van der Waals surface area contributed by atoms with Gasteiger partial charge in [-0.05, 0) is 20.3 Å². The first-order valence-electron chi connectivity index (χ1n) is 5.84. The molecule has 3 nitrogen and oxygen atoms in total. The van der Waals surface area contributed by atoms with Gasteiger partial charge in [-0.25, -0.2) is 0 Å². The Labute approximate surface area is 103 Å². The molecule has 0 aromatic carbocycles. The maximum atomic E-state index is 11.6. The van der Waals surface area contributed by atoms with Crippen LogP contribution in [0.1, 0.15) is 27.2 Å². The van der Waals surface area contributed by atoms with E-state index in [1.807, 2.05) is 31.7 Å². The van der Waals surface area contributed by atoms with Gasteiger partial charge >= 0.3 is 0 Å². The Hall–Kier alpha value is -0.480. The van der Waals surface area contributed by atoms with Crippen molar-refractivity contribution in [3.63, 3.8) is 0 Å². The van der Waals surface area contributed by atoms with E-state index in [9.17, 15) is 4.79 Å². The van der Waals surface area contributed by atoms with Crippen molar-refractivity contribution in [3.8, 4) is 0 Å². The van der Waals surface area contributed by atoms with Gasteiger partial charge in [0, 0.05) is 24.1 Å². The Morgan fingerprint density at radius 1 is 1.50 bits per heavy atom. The van der Waals surface area contributed by atoms with Crippen LogP contribution in [0.3, 0.4) is 0 Å². The third-order valence-corrected chi connectivity index (χ3v) is 3.29. The first kappa shape index (κ1) is 15.5. The van der Waals surface area contributed by atoms with E-state index in [1.165, 1.54) is 0 Å². The highest BCUT2D eigenvalue weighted by molar-refractivity contribution is 7.99. The van der Waals surface area contributed by atoms with E-state index in [0.29, 0.717) is 0 Å². The number of thioether (sulfide) groups is 1. The number of hydrogen-bond donors (Lipinski definition) is 2. The van der Waals surface area contributed by atoms with Crippen molar-refractivity contribution in [3.05, 3.63) is 12.7 Å². The largest absolute Gasteiger partial charge is 0.352 e. The molecule has 94 valence electrons. The van der Waals surface area contributed by atoms with Gasteiger partial charge in [0.25, 0.3) is 0 Å². The molecule has 0 saturated carbocycles. The van der Waals surface area contributed by atoms with Crippen LogP contribution >= 0.6 is 11.8 Å². The summed E-state index contributed by atoms with van der Waals surface area (Å²) in [5.74, 6) is 2.06. The third kappa shape index (κ3) is 7.77. The molecule has 2 unspecified atom stereocenters. The zero-order valence-electron chi connectivity index (χ0n) is 10.6. The highest BCUT2D eigenvalue weighted by Crippen LogP contribution is 1.97. The summed E-state index contributed by atoms with van der Waals surface area (Å²) >= 11 is 1.81. The second-order valence-electron chi connectivity index (χ2n) is 3.86. The number of nitrogens with one attached hydrogen (secondary N) is 2. The predicted octanol–water partition coefficient (Wildman–Crippen LogP) is 1.80. The lowest BCUT2D eigenvalue weighted by atomic mass is 10.2. The minimum absolute atomic E-state index is 0.0862. The minimum atomic E-state index is -0.113. The van der Waals surface area contributed by atoms with E-state index in [0.717, 1.165) is 24.5 Å². The second-order valence-corrected chi connectivity index (χ2v) is 5.01. The summed E-state index contributed by atoms with van der Waals surface area (Å²) in [5.41, 5.74) is 0. The average molecular weight is 244 g/mol. The number of hydrogen-bond acceptors (Lipinski definition) is 3. The SMILES string of the molecule is C=CCSCCNC(C)C(=O)NC(C)CC. The van der Waals surface area contributed by atoms with Crippen molar-refractivity contribution >= 4 is 17.7 Å². The highest BCUT2D eigenvalue weighted by atomic mass is 32.2. The Morgan fingerprint density at radius 3 is 2.75 bits per heavy atom. The number of amides is 1. The molecular weight excluding hydrogens is 220 g/mol. The predicted molar refractivity (Wildman–Crippen MR) is 72.9 cm³/mol. The number of rotatable bonds is 9. The molecular formula is C12H24N2OS. The van der Waals surface area contributed by atoms with E-state index >= 15 is 0 Å². The standard InChI is InChI=1S/C12H24N2OS/c1-5-8-16-9-7-13-11(4)12(15)14-10(3)6-2/h5,10-11,13H,1,6-9H2,2-4H3,(H,14,15). The molecule has 0 bridgehead atoms. The van der Waals surface area contributed by atoms with Gasteiger partial charge in [0.15, 0.2) is 0 Å². The van der Waals surface area contributed by atoms with E-state index in [2.05, 4.69) is 24.1 Å². The highest BCUT2D eigenvalue weighted by Gasteiger charge is 2.12. The lowest BCUT2D eigenvalue weighted by Gasteiger charge is -2.17. The van der Waals surface area contributed by atoms with Gasteiger partial charge in [0.1, 0.15) is 0 Å². The maximum absolute atomic E-state index is 11.6. The van der Waals surface area contributed by atoms with Crippen molar-refractivity contribution in [2.45, 2.75) is 39.3 Å². The first-order valence-corrected chi connectivity index (χ1v) is 6.99. The molecule has 0 aliphatic heterocycles. The fraction of sp³-hybridized carbons (Fsp3) is 0.750. The molecule has 16 heavy (non-hydrogen) atoms. The summed E-state index contributed by atoms with van der Waals surface area (Å²) in [7, 11) is 0. The normalized spacial score (nSPS) is 14.2. The summed E-state index contributed by atoms with van der Waals surface area (Å²) in [6.07, 6.45) is 2.86. The van der Waals surface area contributed by atoms with Crippen LogP contribution in [0.15, 0.2) is 12.7 Å². The molecule has 2 atom stereocenters. The van der Waals surface area contributed by atoms with Crippen LogP contribution in [-0.2, 0) is 4.79 Å². The summed E-state index contributed by atoms with van der Waals surface area (Å²) in [6, 6.07) is 0.144. The molecule has 0 radical (unpaired) electrons. The Kier molecular flexibility index (Phi) is 9.43. The molecule has 0 rings (SSSR count). The van der Waals surface area contributed by atoms with E-state index in [1.54, 1.807) is 0 Å². The molecule has 0 spiro atoms. The van der Waals surface area contributed by atoms with Crippen LogP contribution in [0.5, 0.6) is 0 Å². The quantitative estimate of drug-likeness (QED) is 0.480. The zero-order chi connectivity index (χ0) is 12.4. The van der Waals surface area contributed by atoms with Crippen LogP contribution in [-0.4, -0.2) is 36.0 Å². The Morgan fingerprint density at radius 2 is 2.19 bits per heavy atom. The fourth-order valence-corrected chi connectivity index (χ4v) is 1.67. The number of carbonyl (C=O) groups is 1. The van der Waals surface area contributed by atoms with Gasteiger partial charge in [0.2, 0.25) is 5.91 Å². The Balaban J connectivity index is 3.58. The van der Waals surface area contributed by atoms with Gasteiger partial charge in [-0.3, -0.25) is 4.79 Å². The molecule has 0 aromatic heterocycles. The summed E-state index contributed by atoms with van der Waals surface area (Å²) in [5, 5.41) is 6.16. The third-order valence-electron chi connectivity index (χ3n) is 2.33. The second kappa shape index (κ2) is 9.73. The molecule has 1 amide bonds. The topological polar surface area (TPSA) is 41.1 Å². The molecule has 0 fully saturated rings. The van der Waals surface area contributed by atoms with Crippen LogP contribution in [0.2, 0.25) is 0 Å². The molecule has 0 heterocycles. The lowest BCUT2D eigenvalue weighted by molar-refractivity contribution is -0.123. The molecule has 0 aliphatic carbocycles. The van der Waals surface area contributed by atoms with E-state index in [4.69, 9.17) is 0 Å². The lowest BCUT2D eigenvalue weighted by Crippen LogP contribution is -2.45. The van der Waals surface area contributed by atoms with Gasteiger partial charge in [-0.15, -0.1) is 6.58 Å². The van der Waals surface area contributed by atoms with Crippen LogP contribution in [0.4, 0.5) is 0 Å². The maximum Gasteiger partial charge on any atom is 0.237 e. The first-order chi connectivity index (χ1) is 7.61. The molecule has 0 saturated heterocycles. The van der Waals surface area contributed by atoms with Crippen molar-refractivity contribution < 1.29 is 4.79 Å². The molecule has 4 heteroatoms. The van der Waals surface area contributed by atoms with Gasteiger partial charge < -0.3 is 10.6 Å². The van der Waals surface area contributed by atoms with Gasteiger partial charge in [0.05, 0.1) is 6.04 Å². The van der Waals surface area contributed by atoms with Crippen LogP contribution in [0.25, 0.3) is 0 Å². The minimum Gasteiger partial charge on any atom is -0.352 e. The van der Waals surface area contributed by atoms with Gasteiger partial charge in [-0.2, -0.15) is 11.8 Å². The smallest absolute Gasteiger partial charge is 0.237 e. The molecule has 0 aliphatic rings. The van der Waals surface area contributed by atoms with E-state index < -0.39 is 0 Å². The van der Waals surface area contributed by atoms with Crippen molar-refractivity contribution in [2.24, 2.45) is 0 Å². The van der Waals surface area contributed by atoms with E-state index in [-0.39, 0.29) is 18.0 Å². The summed E-state index contributed by atoms with van der Waals surface area (Å²) in [6.45, 7) is 10.5. The van der Waals surface area contributed by atoms with Crippen molar-refractivity contribution in [1.82, 2.24) is 10.6 Å².